The summed E-state index contributed by atoms with van der Waals surface area (Å²) in [7, 11) is 1.64. The van der Waals surface area contributed by atoms with Gasteiger partial charge in [0.2, 0.25) is 0 Å². The molecule has 0 unspecified atom stereocenters. The number of aromatic nitrogens is 2. The molecule has 0 aliphatic heterocycles. The molecule has 0 atom stereocenters. The van der Waals surface area contributed by atoms with Gasteiger partial charge in [-0.25, -0.2) is 9.97 Å². The molecule has 27 heavy (non-hydrogen) atoms. The molecule has 1 heterocycles. The van der Waals surface area contributed by atoms with Crippen LogP contribution in [0, 0.1) is 13.8 Å². The molecule has 2 aromatic carbocycles. The van der Waals surface area contributed by atoms with Crippen molar-refractivity contribution in [1.82, 2.24) is 9.97 Å². The topological polar surface area (TPSA) is 68.3 Å². The maximum Gasteiger partial charge on any atom is 0.135 e. The Hall–Kier alpha value is -3.28. The monoisotopic (exact) mass is 364 g/mol. The van der Waals surface area contributed by atoms with E-state index in [2.05, 4.69) is 52.6 Å². The fraction of sp³-hybridized carbons (Fsp3) is 0.238. The Morgan fingerprint density at radius 2 is 1.52 bits per heavy atom. The molecule has 6 nitrogen and oxygen atoms in total. The van der Waals surface area contributed by atoms with Crippen LogP contribution in [-0.4, -0.2) is 30.2 Å². The number of anilines is 3. The van der Waals surface area contributed by atoms with Gasteiger partial charge in [0, 0.05) is 11.8 Å². The molecule has 3 rings (SSSR count). The zero-order valence-electron chi connectivity index (χ0n) is 15.8. The average molecular weight is 364 g/mol. The number of ether oxygens (including phenoxy) is 2. The Kier molecular flexibility index (Phi) is 6.10. The number of methoxy groups -OCH3 is 1. The Bertz CT molecular complexity index is 861. The molecular weight excluding hydrogens is 340 g/mol. The van der Waals surface area contributed by atoms with Crippen molar-refractivity contribution in [3.63, 3.8) is 0 Å². The van der Waals surface area contributed by atoms with Crippen LogP contribution in [0.15, 0.2) is 54.9 Å². The predicted octanol–water partition coefficient (Wildman–Crippen LogP) is 4.34. The van der Waals surface area contributed by atoms with Crippen LogP contribution in [0.5, 0.6) is 11.5 Å². The van der Waals surface area contributed by atoms with Crippen molar-refractivity contribution in [2.75, 3.05) is 30.9 Å². The van der Waals surface area contributed by atoms with E-state index in [1.165, 1.54) is 17.5 Å². The number of benzene rings is 2. The van der Waals surface area contributed by atoms with Crippen molar-refractivity contribution < 1.29 is 9.47 Å². The standard InChI is InChI=1S/C21H24N4O2/c1-15-10-16(2)12-17(11-15)25-21-13-20(23-14-24-21)22-8-9-27-19-6-4-18(26-3)5-7-19/h4-7,10-14H,8-9H2,1-3H3,(H2,22,23,24,25). The summed E-state index contributed by atoms with van der Waals surface area (Å²) in [5.74, 6) is 3.10. The molecule has 0 radical (unpaired) electrons. The van der Waals surface area contributed by atoms with E-state index in [0.29, 0.717) is 13.2 Å². The molecule has 1 aromatic heterocycles. The second-order valence-electron chi connectivity index (χ2n) is 6.24. The first-order valence-electron chi connectivity index (χ1n) is 8.80. The van der Waals surface area contributed by atoms with E-state index < -0.39 is 0 Å². The Labute approximate surface area is 159 Å². The zero-order chi connectivity index (χ0) is 19.1. The van der Waals surface area contributed by atoms with Crippen LogP contribution in [0.3, 0.4) is 0 Å². The van der Waals surface area contributed by atoms with Crippen LogP contribution < -0.4 is 20.1 Å². The molecule has 6 heteroatoms. The van der Waals surface area contributed by atoms with Crippen LogP contribution in [-0.2, 0) is 0 Å². The van der Waals surface area contributed by atoms with Crippen LogP contribution in [0.1, 0.15) is 11.1 Å². The molecule has 0 saturated carbocycles. The van der Waals surface area contributed by atoms with Gasteiger partial charge in [0.15, 0.2) is 0 Å². The van der Waals surface area contributed by atoms with Gasteiger partial charge in [-0.15, -0.1) is 0 Å². The second kappa shape index (κ2) is 8.89. The van der Waals surface area contributed by atoms with Gasteiger partial charge in [0.25, 0.3) is 0 Å². The van der Waals surface area contributed by atoms with Crippen LogP contribution in [0.2, 0.25) is 0 Å². The molecule has 0 bridgehead atoms. The minimum atomic E-state index is 0.524. The van der Waals surface area contributed by atoms with Crippen LogP contribution in [0.4, 0.5) is 17.3 Å². The maximum atomic E-state index is 5.70. The minimum absolute atomic E-state index is 0.524. The van der Waals surface area contributed by atoms with Gasteiger partial charge in [-0.2, -0.15) is 0 Å². The summed E-state index contributed by atoms with van der Waals surface area (Å²) in [5.41, 5.74) is 3.43. The molecular formula is C21H24N4O2. The van der Waals surface area contributed by atoms with E-state index in [4.69, 9.17) is 9.47 Å². The van der Waals surface area contributed by atoms with E-state index >= 15 is 0 Å². The highest BCUT2D eigenvalue weighted by Gasteiger charge is 2.02. The maximum absolute atomic E-state index is 5.70. The smallest absolute Gasteiger partial charge is 0.135 e. The first-order valence-corrected chi connectivity index (χ1v) is 8.80. The lowest BCUT2D eigenvalue weighted by Gasteiger charge is -2.11. The summed E-state index contributed by atoms with van der Waals surface area (Å²) in [6.45, 7) is 5.31. The molecule has 3 aromatic rings. The molecule has 0 spiro atoms. The average Bonchev–Trinajstić information content (AvgIpc) is 2.65. The Balaban J connectivity index is 1.51. The largest absolute Gasteiger partial charge is 0.497 e. The summed E-state index contributed by atoms with van der Waals surface area (Å²) in [4.78, 5) is 8.53. The van der Waals surface area contributed by atoms with Gasteiger partial charge in [-0.3, -0.25) is 0 Å². The van der Waals surface area contributed by atoms with Crippen molar-refractivity contribution in [2.45, 2.75) is 13.8 Å². The molecule has 0 aliphatic rings. The number of nitrogens with one attached hydrogen (secondary N) is 2. The van der Waals surface area contributed by atoms with E-state index in [0.717, 1.165) is 28.8 Å². The van der Waals surface area contributed by atoms with Crippen LogP contribution in [0.25, 0.3) is 0 Å². The lowest BCUT2D eigenvalue weighted by atomic mass is 10.1. The second-order valence-corrected chi connectivity index (χ2v) is 6.24. The summed E-state index contributed by atoms with van der Waals surface area (Å²) >= 11 is 0. The van der Waals surface area contributed by atoms with Gasteiger partial charge in [0.05, 0.1) is 13.7 Å². The van der Waals surface area contributed by atoms with Crippen LogP contribution >= 0.6 is 0 Å². The fourth-order valence-electron chi connectivity index (χ4n) is 2.74. The number of hydrogen-bond acceptors (Lipinski definition) is 6. The lowest BCUT2D eigenvalue weighted by molar-refractivity contribution is 0.331. The predicted molar refractivity (Wildman–Crippen MR) is 108 cm³/mol. The number of nitrogens with zero attached hydrogens (tertiary/aromatic N) is 2. The van der Waals surface area contributed by atoms with Gasteiger partial charge in [-0.1, -0.05) is 6.07 Å². The van der Waals surface area contributed by atoms with E-state index in [-0.39, 0.29) is 0 Å². The highest BCUT2D eigenvalue weighted by Crippen LogP contribution is 2.19. The number of hydrogen-bond donors (Lipinski definition) is 2. The number of rotatable bonds is 8. The third-order valence-corrected chi connectivity index (χ3v) is 3.90. The SMILES string of the molecule is COc1ccc(OCCNc2cc(Nc3cc(C)cc(C)c3)ncn2)cc1. The highest BCUT2D eigenvalue weighted by molar-refractivity contribution is 5.60. The van der Waals surface area contributed by atoms with E-state index in [1.807, 2.05) is 30.3 Å². The highest BCUT2D eigenvalue weighted by atomic mass is 16.5. The summed E-state index contributed by atoms with van der Waals surface area (Å²) in [6.07, 6.45) is 1.54. The molecule has 0 fully saturated rings. The van der Waals surface area contributed by atoms with Gasteiger partial charge < -0.3 is 20.1 Å². The van der Waals surface area contributed by atoms with Crippen molar-refractivity contribution in [1.29, 1.82) is 0 Å². The molecule has 140 valence electrons. The van der Waals surface area contributed by atoms with Gasteiger partial charge >= 0.3 is 0 Å². The summed E-state index contributed by atoms with van der Waals surface area (Å²) in [5, 5.41) is 6.56. The quantitative estimate of drug-likeness (QED) is 0.580. The summed E-state index contributed by atoms with van der Waals surface area (Å²) < 4.78 is 10.8. The Morgan fingerprint density at radius 3 is 2.22 bits per heavy atom. The Morgan fingerprint density at radius 1 is 0.852 bits per heavy atom. The van der Waals surface area contributed by atoms with Crippen molar-refractivity contribution in [3.05, 3.63) is 66.0 Å². The van der Waals surface area contributed by atoms with Gasteiger partial charge in [-0.05, 0) is 61.4 Å². The molecule has 0 aliphatic carbocycles. The van der Waals surface area contributed by atoms with Crippen molar-refractivity contribution in [3.8, 4) is 11.5 Å². The number of aryl methyl sites for hydroxylation is 2. The first kappa shape index (κ1) is 18.5. The normalized spacial score (nSPS) is 10.3. The van der Waals surface area contributed by atoms with Gasteiger partial charge in [0.1, 0.15) is 36.1 Å². The lowest BCUT2D eigenvalue weighted by Crippen LogP contribution is -2.12. The van der Waals surface area contributed by atoms with Crippen molar-refractivity contribution in [2.24, 2.45) is 0 Å². The fourth-order valence-corrected chi connectivity index (χ4v) is 2.74. The third-order valence-electron chi connectivity index (χ3n) is 3.90. The minimum Gasteiger partial charge on any atom is -0.497 e. The summed E-state index contributed by atoms with van der Waals surface area (Å²) in [6, 6.07) is 15.7. The molecule has 0 amide bonds. The molecule has 2 N–H and O–H groups in total. The third kappa shape index (κ3) is 5.60. The zero-order valence-corrected chi connectivity index (χ0v) is 15.8. The van der Waals surface area contributed by atoms with E-state index in [1.54, 1.807) is 7.11 Å². The molecule has 0 saturated heterocycles. The van der Waals surface area contributed by atoms with E-state index in [9.17, 15) is 0 Å². The first-order chi connectivity index (χ1) is 13.1. The van der Waals surface area contributed by atoms with Crippen molar-refractivity contribution >= 4 is 17.3 Å².